The van der Waals surface area contributed by atoms with Crippen molar-refractivity contribution < 1.29 is 9.15 Å². The molecule has 2 saturated carbocycles. The highest BCUT2D eigenvalue weighted by molar-refractivity contribution is 6.22. The minimum Gasteiger partial charge on any atom is -0.490 e. The molecule has 2 aliphatic carbocycles. The number of benzene rings is 1. The first-order valence-corrected chi connectivity index (χ1v) is 10.9. The molecule has 0 spiro atoms. The van der Waals surface area contributed by atoms with Gasteiger partial charge >= 0.3 is 0 Å². The molecule has 1 aromatic carbocycles. The first-order chi connectivity index (χ1) is 14.8. The number of hydrogen-bond donors (Lipinski definition) is 0. The van der Waals surface area contributed by atoms with Crippen LogP contribution in [0.25, 0.3) is 0 Å². The number of hydrogen-bond acceptors (Lipinski definition) is 6. The molecule has 4 heterocycles. The van der Waals surface area contributed by atoms with Crippen molar-refractivity contribution in [2.45, 2.75) is 50.7 Å². The smallest absolute Gasteiger partial charge is 0.197 e. The van der Waals surface area contributed by atoms with Crippen molar-refractivity contribution in [1.82, 2.24) is 9.97 Å². The fourth-order valence-corrected chi connectivity index (χ4v) is 4.26. The lowest BCUT2D eigenvalue weighted by Crippen LogP contribution is -2.31. The average Bonchev–Trinajstić information content (AvgIpc) is 3.69. The normalized spacial score (nSPS) is 19.6. The van der Waals surface area contributed by atoms with Crippen molar-refractivity contribution >= 4 is 17.2 Å². The lowest BCUT2D eigenvalue weighted by atomic mass is 9.96. The zero-order valence-electron chi connectivity index (χ0n) is 16.7. The standard InChI is InChI=1S/C24H22N4O2/c1-2-14(1)24-27-20-13-28(10-8-21(20)30-24)22-11-15(7-9-25-22)23-18-12-17(29-16-3-4-16)5-6-19(18)26-23/h5-7,9,11-12,14,16H,1-4,8,10,13H2. The molecule has 7 rings (SSSR count). The van der Waals surface area contributed by atoms with Gasteiger partial charge in [-0.15, -0.1) is 0 Å². The number of aromatic nitrogens is 2. The minimum atomic E-state index is 0.400. The molecule has 0 bridgehead atoms. The molecular weight excluding hydrogens is 376 g/mol. The van der Waals surface area contributed by atoms with E-state index in [0.29, 0.717) is 12.0 Å². The lowest BCUT2D eigenvalue weighted by Gasteiger charge is -2.27. The number of ether oxygens (including phenoxy) is 1. The predicted molar refractivity (Wildman–Crippen MR) is 113 cm³/mol. The highest BCUT2D eigenvalue weighted by atomic mass is 16.5. The highest BCUT2D eigenvalue weighted by Crippen LogP contribution is 2.41. The maximum atomic E-state index is 6.00. The number of fused-ring (bicyclic) bond motifs is 2. The van der Waals surface area contributed by atoms with Crippen LogP contribution in [0.3, 0.4) is 0 Å². The first-order valence-electron chi connectivity index (χ1n) is 10.9. The Hall–Kier alpha value is -3.15. The second kappa shape index (κ2) is 6.17. The number of rotatable bonds is 5. The van der Waals surface area contributed by atoms with Crippen molar-refractivity contribution in [1.29, 1.82) is 0 Å². The van der Waals surface area contributed by atoms with Crippen LogP contribution < -0.4 is 9.64 Å². The van der Waals surface area contributed by atoms with Crippen LogP contribution in [0.1, 0.15) is 60.1 Å². The van der Waals surface area contributed by atoms with Crippen molar-refractivity contribution in [3.8, 4) is 5.75 Å². The van der Waals surface area contributed by atoms with Gasteiger partial charge in [-0.3, -0.25) is 0 Å². The molecule has 4 aliphatic rings. The van der Waals surface area contributed by atoms with Crippen LogP contribution in [0.15, 0.2) is 45.9 Å². The van der Waals surface area contributed by atoms with Gasteiger partial charge in [-0.2, -0.15) is 0 Å². The van der Waals surface area contributed by atoms with Crippen LogP contribution in [-0.2, 0) is 13.0 Å². The van der Waals surface area contributed by atoms with Crippen molar-refractivity contribution in [2.75, 3.05) is 11.4 Å². The summed E-state index contributed by atoms with van der Waals surface area (Å²) in [4.78, 5) is 16.4. The maximum Gasteiger partial charge on any atom is 0.197 e. The van der Waals surface area contributed by atoms with E-state index in [9.17, 15) is 0 Å². The van der Waals surface area contributed by atoms with Crippen LogP contribution in [0, 0.1) is 0 Å². The molecule has 0 unspecified atom stereocenters. The van der Waals surface area contributed by atoms with Crippen LogP contribution in [0.4, 0.5) is 11.5 Å². The molecule has 30 heavy (non-hydrogen) atoms. The molecule has 0 N–H and O–H groups in total. The van der Waals surface area contributed by atoms with E-state index in [1.807, 2.05) is 24.4 Å². The third kappa shape index (κ3) is 2.82. The van der Waals surface area contributed by atoms with Gasteiger partial charge in [0.15, 0.2) is 5.89 Å². The Kier molecular flexibility index (Phi) is 3.42. The topological polar surface area (TPSA) is 63.8 Å². The van der Waals surface area contributed by atoms with Crippen LogP contribution in [-0.4, -0.2) is 28.3 Å². The molecule has 2 aromatic heterocycles. The molecular formula is C24H22N4O2. The summed E-state index contributed by atoms with van der Waals surface area (Å²) in [6, 6.07) is 10.4. The van der Waals surface area contributed by atoms with E-state index < -0.39 is 0 Å². The minimum absolute atomic E-state index is 0.400. The zero-order chi connectivity index (χ0) is 19.7. The Morgan fingerprint density at radius 1 is 1.07 bits per heavy atom. The van der Waals surface area contributed by atoms with Crippen molar-refractivity contribution in [2.24, 2.45) is 4.99 Å². The number of oxazole rings is 1. The van der Waals surface area contributed by atoms with Gasteiger partial charge in [-0.1, -0.05) is 0 Å². The van der Waals surface area contributed by atoms with Crippen LogP contribution in [0.5, 0.6) is 5.75 Å². The first kappa shape index (κ1) is 16.6. The number of anilines is 1. The Balaban J connectivity index is 1.14. The third-order valence-corrected chi connectivity index (χ3v) is 6.30. The van der Waals surface area contributed by atoms with Gasteiger partial charge in [-0.05, 0) is 56.0 Å². The van der Waals surface area contributed by atoms with Crippen molar-refractivity contribution in [3.05, 3.63) is 65.0 Å². The van der Waals surface area contributed by atoms with E-state index >= 15 is 0 Å². The van der Waals surface area contributed by atoms with Gasteiger partial charge in [-0.25, -0.2) is 15.0 Å². The Morgan fingerprint density at radius 3 is 2.87 bits per heavy atom. The number of pyridine rings is 1. The van der Waals surface area contributed by atoms with E-state index in [-0.39, 0.29) is 0 Å². The third-order valence-electron chi connectivity index (χ3n) is 6.30. The Bertz CT molecular complexity index is 1190. The predicted octanol–water partition coefficient (Wildman–Crippen LogP) is 4.53. The molecule has 0 saturated heterocycles. The summed E-state index contributed by atoms with van der Waals surface area (Å²) in [5.74, 6) is 4.46. The van der Waals surface area contributed by atoms with Gasteiger partial charge in [0, 0.05) is 36.2 Å². The molecule has 0 radical (unpaired) electrons. The molecule has 2 fully saturated rings. The summed E-state index contributed by atoms with van der Waals surface area (Å²) in [6.45, 7) is 1.65. The van der Waals surface area contributed by atoms with Gasteiger partial charge < -0.3 is 14.1 Å². The molecule has 150 valence electrons. The van der Waals surface area contributed by atoms with Crippen LogP contribution in [0.2, 0.25) is 0 Å². The van der Waals surface area contributed by atoms with E-state index in [1.165, 1.54) is 12.8 Å². The SMILES string of the molecule is c1cc(C2=Nc3ccc(OC4CC4)cc32)cc(N2CCc3oc(C4CC4)nc3C2)n1. The van der Waals surface area contributed by atoms with Gasteiger partial charge in [0.25, 0.3) is 0 Å². The fourth-order valence-electron chi connectivity index (χ4n) is 4.26. The Labute approximate surface area is 174 Å². The van der Waals surface area contributed by atoms with E-state index in [2.05, 4.69) is 22.0 Å². The molecule has 3 aromatic rings. The fraction of sp³-hybridized carbons (Fsp3) is 0.375. The maximum absolute atomic E-state index is 6.00. The second-order valence-corrected chi connectivity index (χ2v) is 8.73. The molecule has 0 amide bonds. The molecule has 6 nitrogen and oxygen atoms in total. The summed E-state index contributed by atoms with van der Waals surface area (Å²) >= 11 is 0. The van der Waals surface area contributed by atoms with Crippen molar-refractivity contribution in [3.63, 3.8) is 0 Å². The monoisotopic (exact) mass is 398 g/mol. The molecule has 0 atom stereocenters. The van der Waals surface area contributed by atoms with E-state index in [1.54, 1.807) is 0 Å². The summed E-state index contributed by atoms with van der Waals surface area (Å²) in [6.07, 6.45) is 7.91. The lowest BCUT2D eigenvalue weighted by molar-refractivity contribution is 0.303. The summed E-state index contributed by atoms with van der Waals surface area (Å²) in [7, 11) is 0. The summed E-state index contributed by atoms with van der Waals surface area (Å²) in [5, 5.41) is 0. The van der Waals surface area contributed by atoms with E-state index in [4.69, 9.17) is 19.1 Å². The number of nitrogens with zero attached hydrogens (tertiary/aromatic N) is 4. The van der Waals surface area contributed by atoms with Gasteiger partial charge in [0.2, 0.25) is 0 Å². The van der Waals surface area contributed by atoms with Gasteiger partial charge in [0.05, 0.1) is 24.0 Å². The molecule has 2 aliphatic heterocycles. The Morgan fingerprint density at radius 2 is 2.00 bits per heavy atom. The molecule has 6 heteroatoms. The highest BCUT2D eigenvalue weighted by Gasteiger charge is 2.32. The number of aliphatic imine (C=N–C) groups is 1. The van der Waals surface area contributed by atoms with E-state index in [0.717, 1.165) is 83.8 Å². The average molecular weight is 398 g/mol. The zero-order valence-corrected chi connectivity index (χ0v) is 16.7. The summed E-state index contributed by atoms with van der Waals surface area (Å²) in [5.41, 5.74) is 5.38. The van der Waals surface area contributed by atoms with Gasteiger partial charge in [0.1, 0.15) is 23.0 Å². The second-order valence-electron chi connectivity index (χ2n) is 8.73. The quantitative estimate of drug-likeness (QED) is 0.494. The largest absolute Gasteiger partial charge is 0.490 e. The van der Waals surface area contributed by atoms with Crippen LogP contribution >= 0.6 is 0 Å². The summed E-state index contributed by atoms with van der Waals surface area (Å²) < 4.78 is 12.0.